The lowest BCUT2D eigenvalue weighted by atomic mass is 10.3. The van der Waals surface area contributed by atoms with Crippen molar-refractivity contribution >= 4 is 27.9 Å². The summed E-state index contributed by atoms with van der Waals surface area (Å²) in [6.07, 6.45) is -0.184. The summed E-state index contributed by atoms with van der Waals surface area (Å²) < 4.78 is 9.96. The van der Waals surface area contributed by atoms with Gasteiger partial charge in [-0.2, -0.15) is 0 Å². The Morgan fingerprint density at radius 1 is 1.20 bits per heavy atom. The van der Waals surface area contributed by atoms with E-state index in [1.165, 1.54) is 0 Å². The van der Waals surface area contributed by atoms with Crippen molar-refractivity contribution in [2.24, 2.45) is 0 Å². The lowest BCUT2D eigenvalue weighted by Crippen LogP contribution is -2.25. The number of rotatable bonds is 6. The molecule has 4 nitrogen and oxygen atoms in total. The second-order valence-electron chi connectivity index (χ2n) is 3.36. The van der Waals surface area contributed by atoms with Crippen LogP contribution in [-0.2, 0) is 19.1 Å². The molecule has 0 fully saturated rings. The van der Waals surface area contributed by atoms with Gasteiger partial charge in [-0.15, -0.1) is 0 Å². The normalized spacial score (nSPS) is 12.3. The first-order chi connectivity index (χ1) is 6.99. The lowest BCUT2D eigenvalue weighted by molar-refractivity contribution is -0.155. The Morgan fingerprint density at radius 3 is 2.20 bits per heavy atom. The van der Waals surface area contributed by atoms with Crippen molar-refractivity contribution in [1.29, 1.82) is 0 Å². The van der Waals surface area contributed by atoms with Crippen molar-refractivity contribution in [3.8, 4) is 0 Å². The minimum Gasteiger partial charge on any atom is -0.463 e. The van der Waals surface area contributed by atoms with E-state index in [9.17, 15) is 9.59 Å². The van der Waals surface area contributed by atoms with Gasteiger partial charge in [0.05, 0.1) is 12.5 Å². The van der Waals surface area contributed by atoms with Gasteiger partial charge in [0.25, 0.3) is 0 Å². The molecule has 0 spiro atoms. The van der Waals surface area contributed by atoms with Crippen LogP contribution in [0.5, 0.6) is 0 Å². The zero-order valence-corrected chi connectivity index (χ0v) is 10.9. The van der Waals surface area contributed by atoms with Gasteiger partial charge in [0.2, 0.25) is 0 Å². The zero-order valence-electron chi connectivity index (χ0n) is 9.29. The van der Waals surface area contributed by atoms with Gasteiger partial charge in [0, 0.05) is 11.8 Å². The van der Waals surface area contributed by atoms with Gasteiger partial charge in [-0.05, 0) is 13.8 Å². The number of esters is 2. The van der Waals surface area contributed by atoms with E-state index in [0.717, 1.165) is 0 Å². The predicted octanol–water partition coefficient (Wildman–Crippen LogP) is 2.04. The SMILES string of the molecule is CCC(=O)OC(CBr)CC(=O)OC(C)C. The topological polar surface area (TPSA) is 52.6 Å². The molecule has 0 aliphatic carbocycles. The molecule has 0 aromatic rings. The van der Waals surface area contributed by atoms with Crippen LogP contribution in [0.4, 0.5) is 0 Å². The van der Waals surface area contributed by atoms with E-state index < -0.39 is 6.10 Å². The number of hydrogen-bond acceptors (Lipinski definition) is 4. The van der Waals surface area contributed by atoms with Crippen molar-refractivity contribution in [2.45, 2.75) is 45.8 Å². The summed E-state index contributed by atoms with van der Waals surface area (Å²) in [6, 6.07) is 0. The molecule has 0 aliphatic rings. The third-order valence-electron chi connectivity index (χ3n) is 1.52. The molecule has 0 N–H and O–H groups in total. The highest BCUT2D eigenvalue weighted by Crippen LogP contribution is 2.07. The molecule has 5 heteroatoms. The van der Waals surface area contributed by atoms with Gasteiger partial charge in [0.15, 0.2) is 0 Å². The summed E-state index contributed by atoms with van der Waals surface area (Å²) in [6.45, 7) is 5.26. The predicted molar refractivity (Wildman–Crippen MR) is 59.8 cm³/mol. The molecule has 0 amide bonds. The summed E-state index contributed by atoms with van der Waals surface area (Å²) in [7, 11) is 0. The second-order valence-corrected chi connectivity index (χ2v) is 4.01. The number of carbonyl (C=O) groups is 2. The van der Waals surface area contributed by atoms with Crippen LogP contribution in [-0.4, -0.2) is 29.5 Å². The van der Waals surface area contributed by atoms with Gasteiger partial charge in [-0.1, -0.05) is 22.9 Å². The van der Waals surface area contributed by atoms with Crippen LogP contribution >= 0.6 is 15.9 Å². The van der Waals surface area contributed by atoms with Crippen LogP contribution < -0.4 is 0 Å². The smallest absolute Gasteiger partial charge is 0.309 e. The average molecular weight is 281 g/mol. The van der Waals surface area contributed by atoms with E-state index in [0.29, 0.717) is 11.8 Å². The molecule has 0 aromatic heterocycles. The van der Waals surface area contributed by atoms with Crippen molar-refractivity contribution in [3.63, 3.8) is 0 Å². The van der Waals surface area contributed by atoms with Crippen LogP contribution in [0, 0.1) is 0 Å². The fourth-order valence-electron chi connectivity index (χ4n) is 0.894. The molecule has 0 bridgehead atoms. The maximum Gasteiger partial charge on any atom is 0.309 e. The Kier molecular flexibility index (Phi) is 7.38. The third kappa shape index (κ3) is 7.36. The van der Waals surface area contributed by atoms with Crippen molar-refractivity contribution < 1.29 is 19.1 Å². The Morgan fingerprint density at radius 2 is 1.80 bits per heavy atom. The van der Waals surface area contributed by atoms with Crippen molar-refractivity contribution in [1.82, 2.24) is 0 Å². The number of alkyl halides is 1. The largest absolute Gasteiger partial charge is 0.463 e. The molecule has 0 saturated carbocycles. The van der Waals surface area contributed by atoms with E-state index in [-0.39, 0.29) is 24.5 Å². The molecule has 1 unspecified atom stereocenters. The van der Waals surface area contributed by atoms with Gasteiger partial charge < -0.3 is 9.47 Å². The van der Waals surface area contributed by atoms with Gasteiger partial charge in [-0.3, -0.25) is 9.59 Å². The van der Waals surface area contributed by atoms with Crippen LogP contribution in [0.15, 0.2) is 0 Å². The van der Waals surface area contributed by atoms with Gasteiger partial charge in [0.1, 0.15) is 6.10 Å². The molecular weight excluding hydrogens is 264 g/mol. The first-order valence-corrected chi connectivity index (χ1v) is 6.06. The quantitative estimate of drug-likeness (QED) is 0.552. The molecule has 0 heterocycles. The lowest BCUT2D eigenvalue weighted by Gasteiger charge is -2.15. The fourth-order valence-corrected chi connectivity index (χ4v) is 1.25. The van der Waals surface area contributed by atoms with E-state index >= 15 is 0 Å². The van der Waals surface area contributed by atoms with E-state index in [1.54, 1.807) is 20.8 Å². The highest BCUT2D eigenvalue weighted by molar-refractivity contribution is 9.09. The molecule has 1 atom stereocenters. The fraction of sp³-hybridized carbons (Fsp3) is 0.800. The summed E-state index contributed by atoms with van der Waals surface area (Å²) in [5, 5.41) is 0.436. The second kappa shape index (κ2) is 7.68. The number of halogens is 1. The molecule has 0 radical (unpaired) electrons. The monoisotopic (exact) mass is 280 g/mol. The highest BCUT2D eigenvalue weighted by atomic mass is 79.9. The summed E-state index contributed by atoms with van der Waals surface area (Å²) in [5.74, 6) is -0.657. The summed E-state index contributed by atoms with van der Waals surface area (Å²) >= 11 is 3.18. The molecule has 0 rings (SSSR count). The maximum absolute atomic E-state index is 11.3. The van der Waals surface area contributed by atoms with Crippen LogP contribution in [0.2, 0.25) is 0 Å². The average Bonchev–Trinajstić information content (AvgIpc) is 2.15. The maximum atomic E-state index is 11.3. The van der Waals surface area contributed by atoms with E-state index in [1.807, 2.05) is 0 Å². The Hall–Kier alpha value is -0.580. The minimum absolute atomic E-state index is 0.0924. The first-order valence-electron chi connectivity index (χ1n) is 4.94. The molecule has 88 valence electrons. The van der Waals surface area contributed by atoms with Crippen molar-refractivity contribution in [2.75, 3.05) is 5.33 Å². The number of carbonyl (C=O) groups excluding carboxylic acids is 2. The van der Waals surface area contributed by atoms with Gasteiger partial charge >= 0.3 is 11.9 Å². The standard InChI is InChI=1S/C10H17BrO4/c1-4-9(12)15-8(6-11)5-10(13)14-7(2)3/h7-8H,4-6H2,1-3H3. The third-order valence-corrected chi connectivity index (χ3v) is 2.24. The minimum atomic E-state index is -0.441. The zero-order chi connectivity index (χ0) is 11.8. The molecule has 0 saturated heterocycles. The molecule has 0 aromatic carbocycles. The van der Waals surface area contributed by atoms with E-state index in [2.05, 4.69) is 15.9 Å². The first kappa shape index (κ1) is 14.4. The Bertz CT molecular complexity index is 215. The van der Waals surface area contributed by atoms with Crippen LogP contribution in [0.1, 0.15) is 33.6 Å². The summed E-state index contributed by atoms with van der Waals surface area (Å²) in [5.41, 5.74) is 0. The van der Waals surface area contributed by atoms with E-state index in [4.69, 9.17) is 9.47 Å². The molecule has 15 heavy (non-hydrogen) atoms. The Balaban J connectivity index is 3.98. The van der Waals surface area contributed by atoms with Gasteiger partial charge in [-0.25, -0.2) is 0 Å². The number of hydrogen-bond donors (Lipinski definition) is 0. The van der Waals surface area contributed by atoms with Crippen LogP contribution in [0.25, 0.3) is 0 Å². The Labute approximate surface area is 98.4 Å². The van der Waals surface area contributed by atoms with Crippen LogP contribution in [0.3, 0.4) is 0 Å². The molecular formula is C10H17BrO4. The highest BCUT2D eigenvalue weighted by Gasteiger charge is 2.18. The molecule has 0 aliphatic heterocycles. The number of ether oxygens (including phenoxy) is 2. The van der Waals surface area contributed by atoms with Crippen molar-refractivity contribution in [3.05, 3.63) is 0 Å². The summed E-state index contributed by atoms with van der Waals surface area (Å²) in [4.78, 5) is 22.2.